The molecule has 21 heavy (non-hydrogen) atoms. The van der Waals surface area contributed by atoms with E-state index in [-0.39, 0.29) is 0 Å². The van der Waals surface area contributed by atoms with Crippen molar-refractivity contribution in [3.63, 3.8) is 0 Å². The third-order valence-corrected chi connectivity index (χ3v) is 5.52. The maximum Gasteiger partial charge on any atom is 0.199 e. The summed E-state index contributed by atoms with van der Waals surface area (Å²) in [5, 5.41) is 4.70. The Morgan fingerprint density at radius 1 is 1.24 bits per heavy atom. The smallest absolute Gasteiger partial charge is 0.199 e. The Kier molecular flexibility index (Phi) is 3.63. The molecule has 0 amide bonds. The van der Waals surface area contributed by atoms with Crippen LogP contribution in [-0.2, 0) is 11.4 Å². The van der Waals surface area contributed by atoms with E-state index in [1.165, 1.54) is 38.5 Å². The maximum absolute atomic E-state index is 5.95. The van der Waals surface area contributed by atoms with Gasteiger partial charge in [-0.25, -0.2) is 4.68 Å². The fourth-order valence-electron chi connectivity index (χ4n) is 3.90. The minimum Gasteiger partial charge on any atom is -0.375 e. The van der Waals surface area contributed by atoms with Crippen LogP contribution in [0.25, 0.3) is 0 Å². The Bertz CT molecular complexity index is 575. The molecular weight excluding hydrogens is 284 g/mol. The minimum absolute atomic E-state index is 0.424. The number of hydrogen-bond donors (Lipinski definition) is 0. The van der Waals surface area contributed by atoms with Crippen LogP contribution in [0.15, 0.2) is 0 Å². The molecule has 0 aromatic carbocycles. The number of hydrogen-bond acceptors (Lipinski definition) is 4. The highest BCUT2D eigenvalue weighted by atomic mass is 32.1. The van der Waals surface area contributed by atoms with Crippen LogP contribution in [-0.4, -0.2) is 44.5 Å². The Hall–Kier alpha value is -0.720. The van der Waals surface area contributed by atoms with Crippen molar-refractivity contribution in [3.05, 3.63) is 10.6 Å². The standard InChI is InChI=1S/C15H24N4OS/c1-11-16-18(15(21)19(11)12-6-7-12)10-17-8-9-20-14-5-3-2-4-13(14)17/h12-14H,2-10H2,1H3/t13-,14+/m0/s1. The molecule has 0 unspecified atom stereocenters. The summed E-state index contributed by atoms with van der Waals surface area (Å²) < 4.78 is 11.1. The Morgan fingerprint density at radius 2 is 2.05 bits per heavy atom. The molecule has 2 atom stereocenters. The molecule has 1 saturated heterocycles. The predicted octanol–water partition coefficient (Wildman–Crippen LogP) is 2.66. The van der Waals surface area contributed by atoms with Gasteiger partial charge in [0.25, 0.3) is 0 Å². The van der Waals surface area contributed by atoms with Crippen LogP contribution in [0.4, 0.5) is 0 Å². The molecule has 2 aliphatic carbocycles. The molecule has 6 heteroatoms. The zero-order valence-electron chi connectivity index (χ0n) is 12.7. The van der Waals surface area contributed by atoms with E-state index in [1.807, 2.05) is 4.68 Å². The molecule has 2 heterocycles. The molecule has 1 aromatic heterocycles. The highest BCUT2D eigenvalue weighted by Crippen LogP contribution is 2.36. The van der Waals surface area contributed by atoms with Crippen molar-refractivity contribution in [3.8, 4) is 0 Å². The van der Waals surface area contributed by atoms with Gasteiger partial charge < -0.3 is 9.30 Å². The van der Waals surface area contributed by atoms with Gasteiger partial charge in [-0.05, 0) is 44.8 Å². The van der Waals surface area contributed by atoms with Crippen LogP contribution < -0.4 is 0 Å². The van der Waals surface area contributed by atoms with Crippen LogP contribution in [0, 0.1) is 11.7 Å². The molecular formula is C15H24N4OS. The molecule has 0 radical (unpaired) electrons. The summed E-state index contributed by atoms with van der Waals surface area (Å²) in [7, 11) is 0. The normalized spacial score (nSPS) is 30.3. The van der Waals surface area contributed by atoms with E-state index < -0.39 is 0 Å². The Morgan fingerprint density at radius 3 is 2.86 bits per heavy atom. The molecule has 1 aliphatic heterocycles. The van der Waals surface area contributed by atoms with Crippen molar-refractivity contribution in [1.82, 2.24) is 19.2 Å². The van der Waals surface area contributed by atoms with E-state index >= 15 is 0 Å². The summed E-state index contributed by atoms with van der Waals surface area (Å²) in [5.74, 6) is 1.07. The van der Waals surface area contributed by atoms with Gasteiger partial charge in [0.1, 0.15) is 5.82 Å². The van der Waals surface area contributed by atoms with Crippen LogP contribution in [0.1, 0.15) is 50.4 Å². The SMILES string of the molecule is Cc1nn(CN2CCO[C@@H]3CCCC[C@@H]32)c(=S)n1C1CC1. The van der Waals surface area contributed by atoms with E-state index in [2.05, 4.69) is 16.4 Å². The van der Waals surface area contributed by atoms with Gasteiger partial charge in [0.15, 0.2) is 4.77 Å². The summed E-state index contributed by atoms with van der Waals surface area (Å²) in [6, 6.07) is 1.17. The van der Waals surface area contributed by atoms with E-state index in [0.717, 1.165) is 30.4 Å². The first-order valence-electron chi connectivity index (χ1n) is 8.25. The van der Waals surface area contributed by atoms with Crippen molar-refractivity contribution in [1.29, 1.82) is 0 Å². The molecule has 2 saturated carbocycles. The number of fused-ring (bicyclic) bond motifs is 1. The van der Waals surface area contributed by atoms with Crippen molar-refractivity contribution in [2.45, 2.75) is 70.3 Å². The first-order chi connectivity index (χ1) is 10.2. The molecule has 3 aliphatic rings. The van der Waals surface area contributed by atoms with E-state index in [0.29, 0.717) is 18.2 Å². The second kappa shape index (κ2) is 5.48. The Labute approximate surface area is 130 Å². The number of rotatable bonds is 3. The monoisotopic (exact) mass is 308 g/mol. The van der Waals surface area contributed by atoms with Crippen molar-refractivity contribution >= 4 is 12.2 Å². The number of ether oxygens (including phenoxy) is 1. The van der Waals surface area contributed by atoms with Gasteiger partial charge in [-0.15, -0.1) is 0 Å². The molecule has 3 fully saturated rings. The van der Waals surface area contributed by atoms with Gasteiger partial charge >= 0.3 is 0 Å². The lowest BCUT2D eigenvalue weighted by Crippen LogP contribution is -2.52. The first kappa shape index (κ1) is 13.9. The van der Waals surface area contributed by atoms with Crippen molar-refractivity contribution in [2.75, 3.05) is 13.2 Å². The molecule has 0 bridgehead atoms. The highest BCUT2D eigenvalue weighted by molar-refractivity contribution is 7.71. The molecule has 5 nitrogen and oxygen atoms in total. The molecule has 4 rings (SSSR count). The van der Waals surface area contributed by atoms with Gasteiger partial charge in [-0.3, -0.25) is 4.90 Å². The second-order valence-electron chi connectivity index (χ2n) is 6.65. The van der Waals surface area contributed by atoms with Crippen LogP contribution in [0.5, 0.6) is 0 Å². The highest BCUT2D eigenvalue weighted by Gasteiger charge is 2.35. The van der Waals surface area contributed by atoms with Gasteiger partial charge in [0.2, 0.25) is 0 Å². The maximum atomic E-state index is 5.95. The number of morpholine rings is 1. The summed E-state index contributed by atoms with van der Waals surface area (Å²) in [4.78, 5) is 2.53. The minimum atomic E-state index is 0.424. The average Bonchev–Trinajstić information content (AvgIpc) is 3.27. The van der Waals surface area contributed by atoms with E-state index in [4.69, 9.17) is 22.1 Å². The largest absolute Gasteiger partial charge is 0.375 e. The van der Waals surface area contributed by atoms with Gasteiger partial charge in [0, 0.05) is 18.6 Å². The fraction of sp³-hybridized carbons (Fsp3) is 0.867. The fourth-order valence-corrected chi connectivity index (χ4v) is 4.28. The molecule has 1 aromatic rings. The lowest BCUT2D eigenvalue weighted by molar-refractivity contribution is -0.0994. The number of nitrogens with zero attached hydrogens (tertiary/aromatic N) is 4. The van der Waals surface area contributed by atoms with Gasteiger partial charge in [-0.2, -0.15) is 5.10 Å². The van der Waals surface area contributed by atoms with Gasteiger partial charge in [0.05, 0.1) is 19.4 Å². The third-order valence-electron chi connectivity index (χ3n) is 5.12. The zero-order chi connectivity index (χ0) is 14.4. The predicted molar refractivity (Wildman–Crippen MR) is 82.8 cm³/mol. The Balaban J connectivity index is 1.55. The average molecular weight is 308 g/mol. The first-order valence-corrected chi connectivity index (χ1v) is 8.66. The summed E-state index contributed by atoms with van der Waals surface area (Å²) in [5.41, 5.74) is 0. The summed E-state index contributed by atoms with van der Waals surface area (Å²) >= 11 is 5.65. The van der Waals surface area contributed by atoms with Crippen LogP contribution >= 0.6 is 12.2 Å². The third kappa shape index (κ3) is 2.58. The van der Waals surface area contributed by atoms with Gasteiger partial charge in [-0.1, -0.05) is 12.8 Å². The van der Waals surface area contributed by atoms with E-state index in [1.54, 1.807) is 0 Å². The summed E-state index contributed by atoms with van der Waals surface area (Å²) in [6.45, 7) is 4.74. The number of aryl methyl sites for hydroxylation is 1. The van der Waals surface area contributed by atoms with Crippen LogP contribution in [0.3, 0.4) is 0 Å². The van der Waals surface area contributed by atoms with Crippen LogP contribution in [0.2, 0.25) is 0 Å². The quantitative estimate of drug-likeness (QED) is 0.804. The molecule has 116 valence electrons. The molecule has 0 N–H and O–H groups in total. The van der Waals surface area contributed by atoms with Crippen molar-refractivity contribution in [2.24, 2.45) is 0 Å². The second-order valence-corrected chi connectivity index (χ2v) is 7.01. The molecule has 0 spiro atoms. The van der Waals surface area contributed by atoms with E-state index in [9.17, 15) is 0 Å². The summed E-state index contributed by atoms with van der Waals surface area (Å²) in [6.07, 6.45) is 8.02. The van der Waals surface area contributed by atoms with Crippen molar-refractivity contribution < 1.29 is 4.74 Å². The zero-order valence-corrected chi connectivity index (χ0v) is 13.5. The lowest BCUT2D eigenvalue weighted by atomic mass is 9.90. The topological polar surface area (TPSA) is 35.2 Å². The lowest BCUT2D eigenvalue weighted by Gasteiger charge is -2.43. The number of aromatic nitrogens is 3.